The van der Waals surface area contributed by atoms with Gasteiger partial charge in [-0.2, -0.15) is 0 Å². The van der Waals surface area contributed by atoms with Crippen LogP contribution in [0.25, 0.3) is 0 Å². The number of rotatable bonds is 8. The highest BCUT2D eigenvalue weighted by Crippen LogP contribution is 2.20. The van der Waals surface area contributed by atoms with Crippen molar-refractivity contribution in [1.82, 2.24) is 15.5 Å². The van der Waals surface area contributed by atoms with Crippen LogP contribution in [0.15, 0.2) is 66.7 Å². The SMILES string of the molecule is CC(C(=O)NCc1cc(F)cc(F)c1)C(=O)NC(Cc1ccc(Cl)cc1)C(=O)N1CCc2ccccc2C1. The zero-order valence-corrected chi connectivity index (χ0v) is 21.6. The highest BCUT2D eigenvalue weighted by molar-refractivity contribution is 6.30. The van der Waals surface area contributed by atoms with E-state index in [2.05, 4.69) is 10.6 Å². The summed E-state index contributed by atoms with van der Waals surface area (Å²) in [5.41, 5.74) is 3.28. The average Bonchev–Trinajstić information content (AvgIpc) is 2.90. The molecular weight excluding hydrogens is 512 g/mol. The van der Waals surface area contributed by atoms with Crippen LogP contribution < -0.4 is 10.6 Å². The monoisotopic (exact) mass is 539 g/mol. The van der Waals surface area contributed by atoms with E-state index in [4.69, 9.17) is 11.6 Å². The lowest BCUT2D eigenvalue weighted by Gasteiger charge is -2.32. The predicted octanol–water partition coefficient (Wildman–Crippen LogP) is 4.18. The summed E-state index contributed by atoms with van der Waals surface area (Å²) in [6, 6.07) is 17.0. The van der Waals surface area contributed by atoms with E-state index in [-0.39, 0.29) is 24.4 Å². The minimum Gasteiger partial charge on any atom is -0.351 e. The quantitative estimate of drug-likeness (QED) is 0.422. The molecule has 2 N–H and O–H groups in total. The molecular formula is C29H28ClF2N3O3. The molecule has 1 aliphatic rings. The van der Waals surface area contributed by atoms with Gasteiger partial charge in [0.25, 0.3) is 0 Å². The summed E-state index contributed by atoms with van der Waals surface area (Å²) in [7, 11) is 0. The fraction of sp³-hybridized carbons (Fsp3) is 0.276. The smallest absolute Gasteiger partial charge is 0.245 e. The molecule has 2 unspecified atom stereocenters. The standard InChI is InChI=1S/C29H28ClF2N3O3/c1-18(27(36)33-16-20-12-24(31)15-25(32)13-20)28(37)34-26(14-19-6-8-23(30)9-7-19)29(38)35-11-10-21-4-2-3-5-22(21)17-35/h2-9,12-13,15,18,26H,10-11,14,16-17H2,1H3,(H,33,36)(H,34,37). The van der Waals surface area contributed by atoms with Crippen molar-refractivity contribution in [3.05, 3.63) is 106 Å². The van der Waals surface area contributed by atoms with E-state index in [1.54, 1.807) is 29.2 Å². The molecule has 3 aromatic rings. The number of fused-ring (bicyclic) bond motifs is 1. The van der Waals surface area contributed by atoms with Gasteiger partial charge < -0.3 is 15.5 Å². The van der Waals surface area contributed by atoms with Gasteiger partial charge in [0.15, 0.2) is 0 Å². The van der Waals surface area contributed by atoms with Gasteiger partial charge >= 0.3 is 0 Å². The number of amides is 3. The topological polar surface area (TPSA) is 78.5 Å². The summed E-state index contributed by atoms with van der Waals surface area (Å²) in [5, 5.41) is 5.83. The summed E-state index contributed by atoms with van der Waals surface area (Å²) in [6.07, 6.45) is 0.930. The van der Waals surface area contributed by atoms with Crippen LogP contribution in [-0.2, 0) is 40.3 Å². The second-order valence-corrected chi connectivity index (χ2v) is 9.82. The number of carbonyl (C=O) groups excluding carboxylic acids is 3. The van der Waals surface area contributed by atoms with Gasteiger partial charge in [-0.05, 0) is 59.9 Å². The van der Waals surface area contributed by atoms with Crippen molar-refractivity contribution in [3.63, 3.8) is 0 Å². The van der Waals surface area contributed by atoms with Crippen LogP contribution in [0.1, 0.15) is 29.2 Å². The fourth-order valence-corrected chi connectivity index (χ4v) is 4.56. The maximum Gasteiger partial charge on any atom is 0.245 e. The Labute approximate surface area is 225 Å². The molecule has 0 aromatic heterocycles. The molecule has 0 spiro atoms. The van der Waals surface area contributed by atoms with Crippen molar-refractivity contribution in [1.29, 1.82) is 0 Å². The number of halogens is 3. The van der Waals surface area contributed by atoms with E-state index in [1.807, 2.05) is 24.3 Å². The van der Waals surface area contributed by atoms with E-state index >= 15 is 0 Å². The minimum absolute atomic E-state index is 0.147. The van der Waals surface area contributed by atoms with E-state index in [1.165, 1.54) is 12.5 Å². The van der Waals surface area contributed by atoms with Crippen LogP contribution in [0, 0.1) is 17.6 Å². The maximum absolute atomic E-state index is 13.6. The zero-order chi connectivity index (χ0) is 27.2. The van der Waals surface area contributed by atoms with Gasteiger partial charge in [-0.3, -0.25) is 14.4 Å². The number of benzene rings is 3. The van der Waals surface area contributed by atoms with Crippen LogP contribution in [0.3, 0.4) is 0 Å². The van der Waals surface area contributed by atoms with E-state index < -0.39 is 35.4 Å². The molecule has 9 heteroatoms. The molecule has 4 rings (SSSR count). The Kier molecular flexibility index (Phi) is 8.73. The first-order valence-corrected chi connectivity index (χ1v) is 12.7. The van der Waals surface area contributed by atoms with Gasteiger partial charge in [-0.15, -0.1) is 0 Å². The molecule has 2 atom stereocenters. The third kappa shape index (κ3) is 6.95. The number of nitrogens with one attached hydrogen (secondary N) is 2. The number of hydrogen-bond acceptors (Lipinski definition) is 3. The average molecular weight is 540 g/mol. The Bertz CT molecular complexity index is 1310. The van der Waals surface area contributed by atoms with Crippen LogP contribution in [-0.4, -0.2) is 35.2 Å². The highest BCUT2D eigenvalue weighted by atomic mass is 35.5. The Morgan fingerprint density at radius 2 is 1.58 bits per heavy atom. The minimum atomic E-state index is -1.14. The molecule has 6 nitrogen and oxygen atoms in total. The summed E-state index contributed by atoms with van der Waals surface area (Å²) < 4.78 is 26.9. The summed E-state index contributed by atoms with van der Waals surface area (Å²) >= 11 is 6.00. The largest absolute Gasteiger partial charge is 0.351 e. The molecule has 0 aliphatic carbocycles. The summed E-state index contributed by atoms with van der Waals surface area (Å²) in [6.45, 7) is 2.22. The molecule has 198 valence electrons. The fourth-order valence-electron chi connectivity index (χ4n) is 4.43. The Balaban J connectivity index is 1.44. The molecule has 0 saturated carbocycles. The van der Waals surface area contributed by atoms with Crippen molar-refractivity contribution in [2.45, 2.75) is 38.9 Å². The highest BCUT2D eigenvalue weighted by Gasteiger charge is 2.31. The first kappa shape index (κ1) is 27.3. The second-order valence-electron chi connectivity index (χ2n) is 9.39. The van der Waals surface area contributed by atoms with Gasteiger partial charge in [0.1, 0.15) is 23.6 Å². The first-order valence-electron chi connectivity index (χ1n) is 12.3. The lowest BCUT2D eigenvalue weighted by atomic mass is 9.98. The van der Waals surface area contributed by atoms with Gasteiger partial charge in [-0.1, -0.05) is 48.0 Å². The van der Waals surface area contributed by atoms with Crippen LogP contribution in [0.4, 0.5) is 8.78 Å². The zero-order valence-electron chi connectivity index (χ0n) is 20.8. The van der Waals surface area contributed by atoms with Gasteiger partial charge in [0, 0.05) is 37.1 Å². The second kappa shape index (κ2) is 12.2. The van der Waals surface area contributed by atoms with Crippen molar-refractivity contribution < 1.29 is 23.2 Å². The lowest BCUT2D eigenvalue weighted by Crippen LogP contribution is -2.53. The molecule has 0 radical (unpaired) electrons. The number of hydrogen-bond donors (Lipinski definition) is 2. The van der Waals surface area contributed by atoms with Gasteiger partial charge in [0.2, 0.25) is 17.7 Å². The van der Waals surface area contributed by atoms with Gasteiger partial charge in [0.05, 0.1) is 0 Å². The van der Waals surface area contributed by atoms with Crippen LogP contribution >= 0.6 is 11.6 Å². The van der Waals surface area contributed by atoms with Crippen molar-refractivity contribution in [2.24, 2.45) is 5.92 Å². The maximum atomic E-state index is 13.6. The van der Waals surface area contributed by atoms with E-state index in [0.717, 1.165) is 29.3 Å². The Hall–Kier alpha value is -3.78. The van der Waals surface area contributed by atoms with Crippen molar-refractivity contribution in [2.75, 3.05) is 6.54 Å². The summed E-state index contributed by atoms with van der Waals surface area (Å²) in [4.78, 5) is 41.0. The normalized spacial score (nSPS) is 14.3. The molecule has 1 heterocycles. The van der Waals surface area contributed by atoms with Crippen molar-refractivity contribution >= 4 is 29.3 Å². The summed E-state index contributed by atoms with van der Waals surface area (Å²) in [5.74, 6) is -4.16. The number of nitrogens with zero attached hydrogens (tertiary/aromatic N) is 1. The third-order valence-corrected chi connectivity index (χ3v) is 6.84. The molecule has 0 bridgehead atoms. The number of carbonyl (C=O) groups is 3. The molecule has 0 fully saturated rings. The molecule has 3 aromatic carbocycles. The first-order chi connectivity index (χ1) is 18.2. The van der Waals surface area contributed by atoms with E-state index in [9.17, 15) is 23.2 Å². The lowest BCUT2D eigenvalue weighted by molar-refractivity contribution is -0.140. The Morgan fingerprint density at radius 3 is 2.26 bits per heavy atom. The molecule has 1 aliphatic heterocycles. The predicted molar refractivity (Wildman–Crippen MR) is 140 cm³/mol. The Morgan fingerprint density at radius 1 is 0.921 bits per heavy atom. The molecule has 38 heavy (non-hydrogen) atoms. The third-order valence-electron chi connectivity index (χ3n) is 6.59. The molecule has 3 amide bonds. The van der Waals surface area contributed by atoms with Crippen LogP contribution in [0.2, 0.25) is 5.02 Å². The molecule has 0 saturated heterocycles. The van der Waals surface area contributed by atoms with Gasteiger partial charge in [-0.25, -0.2) is 8.78 Å². The van der Waals surface area contributed by atoms with E-state index in [0.29, 0.717) is 24.5 Å². The van der Waals surface area contributed by atoms with Crippen LogP contribution in [0.5, 0.6) is 0 Å². The van der Waals surface area contributed by atoms with Crippen molar-refractivity contribution in [3.8, 4) is 0 Å².